The maximum absolute atomic E-state index is 12.1. The highest BCUT2D eigenvalue weighted by Gasteiger charge is 2.22. The van der Waals surface area contributed by atoms with E-state index in [4.69, 9.17) is 10.5 Å². The Balaban J connectivity index is 2.06. The summed E-state index contributed by atoms with van der Waals surface area (Å²) >= 11 is 0. The molecule has 2 aromatic carbocycles. The van der Waals surface area contributed by atoms with Crippen molar-refractivity contribution < 1.29 is 19.2 Å². The maximum atomic E-state index is 12.1. The molecule has 8 nitrogen and oxygen atoms in total. The smallest absolute Gasteiger partial charge is 0.341 e. The van der Waals surface area contributed by atoms with Crippen molar-refractivity contribution in [3.63, 3.8) is 0 Å². The molecular formula is C17H17N3O5. The zero-order chi connectivity index (χ0) is 18.6. The molecule has 1 amide bonds. The molecule has 2 aromatic rings. The number of hydrogen-bond donors (Lipinski definition) is 2. The number of nitrogens with two attached hydrogens (primary N) is 1. The fourth-order valence-corrected chi connectivity index (χ4v) is 1.99. The minimum atomic E-state index is -1.10. The molecular weight excluding hydrogens is 326 g/mol. The molecule has 130 valence electrons. The normalized spacial score (nSPS) is 11.4. The van der Waals surface area contributed by atoms with Crippen LogP contribution in [0.2, 0.25) is 0 Å². The lowest BCUT2D eigenvalue weighted by atomic mass is 10.1. The van der Waals surface area contributed by atoms with Crippen LogP contribution in [0.1, 0.15) is 22.8 Å². The number of nitrogens with one attached hydrogen (secondary N) is 1. The molecule has 0 saturated heterocycles. The molecule has 0 aliphatic carbocycles. The van der Waals surface area contributed by atoms with Crippen LogP contribution in [0.4, 0.5) is 17.1 Å². The van der Waals surface area contributed by atoms with E-state index < -0.39 is 22.9 Å². The van der Waals surface area contributed by atoms with Crippen LogP contribution in [-0.2, 0) is 9.53 Å². The summed E-state index contributed by atoms with van der Waals surface area (Å²) in [4.78, 5) is 34.4. The fourth-order valence-electron chi connectivity index (χ4n) is 1.99. The van der Waals surface area contributed by atoms with Gasteiger partial charge in [-0.3, -0.25) is 14.9 Å². The Morgan fingerprint density at radius 1 is 1.20 bits per heavy atom. The predicted octanol–water partition coefficient (Wildman–Crippen LogP) is 2.67. The van der Waals surface area contributed by atoms with Gasteiger partial charge in [0.2, 0.25) is 0 Å². The second kappa shape index (κ2) is 7.43. The molecule has 0 fully saturated rings. The number of amides is 1. The number of ether oxygens (including phenoxy) is 1. The van der Waals surface area contributed by atoms with Crippen LogP contribution in [0.3, 0.4) is 0 Å². The first kappa shape index (κ1) is 17.9. The molecule has 3 N–H and O–H groups in total. The number of carbonyl (C=O) groups is 2. The number of aryl methyl sites for hydroxylation is 1. The first-order chi connectivity index (χ1) is 11.8. The van der Waals surface area contributed by atoms with Gasteiger partial charge in [0.1, 0.15) is 0 Å². The number of nitro groups is 1. The highest BCUT2D eigenvalue weighted by Crippen LogP contribution is 2.21. The van der Waals surface area contributed by atoms with Crippen LogP contribution in [0, 0.1) is 17.0 Å². The molecule has 0 unspecified atom stereocenters. The van der Waals surface area contributed by atoms with E-state index in [0.29, 0.717) is 5.69 Å². The van der Waals surface area contributed by atoms with Gasteiger partial charge in [0.05, 0.1) is 10.5 Å². The van der Waals surface area contributed by atoms with Gasteiger partial charge in [-0.2, -0.15) is 0 Å². The Hall–Kier alpha value is -3.42. The van der Waals surface area contributed by atoms with Crippen LogP contribution in [-0.4, -0.2) is 22.9 Å². The van der Waals surface area contributed by atoms with Crippen molar-refractivity contribution in [1.82, 2.24) is 0 Å². The van der Waals surface area contributed by atoms with Gasteiger partial charge in [-0.15, -0.1) is 0 Å². The van der Waals surface area contributed by atoms with Crippen LogP contribution < -0.4 is 11.1 Å². The molecule has 0 saturated carbocycles. The molecule has 0 spiro atoms. The molecule has 0 radical (unpaired) electrons. The summed E-state index contributed by atoms with van der Waals surface area (Å²) in [5.41, 5.74) is 6.83. The largest absolute Gasteiger partial charge is 0.449 e. The van der Waals surface area contributed by atoms with E-state index in [1.54, 1.807) is 12.1 Å². The van der Waals surface area contributed by atoms with Gasteiger partial charge in [-0.25, -0.2) is 4.79 Å². The number of nitrogen functional groups attached to an aromatic ring is 1. The number of anilines is 2. The van der Waals surface area contributed by atoms with Gasteiger partial charge in [0.15, 0.2) is 6.10 Å². The van der Waals surface area contributed by atoms with Crippen molar-refractivity contribution in [3.8, 4) is 0 Å². The molecule has 0 aliphatic heterocycles. The summed E-state index contributed by atoms with van der Waals surface area (Å²) in [6.07, 6.45) is -1.10. The summed E-state index contributed by atoms with van der Waals surface area (Å²) in [5, 5.41) is 13.4. The molecule has 2 rings (SSSR count). The third kappa shape index (κ3) is 4.54. The number of non-ortho nitro benzene ring substituents is 1. The number of carbonyl (C=O) groups excluding carboxylic acids is 2. The zero-order valence-electron chi connectivity index (χ0n) is 13.7. The van der Waals surface area contributed by atoms with Gasteiger partial charge in [0.25, 0.3) is 11.6 Å². The third-order valence-electron chi connectivity index (χ3n) is 3.44. The maximum Gasteiger partial charge on any atom is 0.341 e. The van der Waals surface area contributed by atoms with E-state index in [0.717, 1.165) is 11.6 Å². The average Bonchev–Trinajstić information content (AvgIpc) is 2.56. The molecule has 0 bridgehead atoms. The van der Waals surface area contributed by atoms with Gasteiger partial charge in [0, 0.05) is 23.5 Å². The van der Waals surface area contributed by atoms with Crippen LogP contribution in [0.25, 0.3) is 0 Å². The van der Waals surface area contributed by atoms with Gasteiger partial charge in [-0.05, 0) is 32.0 Å². The SMILES string of the molecule is Cc1ccc(NC(=O)[C@H](C)OC(=O)c2cc([N+](=O)[O-])ccc2N)cc1. The van der Waals surface area contributed by atoms with Crippen molar-refractivity contribution in [2.45, 2.75) is 20.0 Å². The monoisotopic (exact) mass is 343 g/mol. The first-order valence-electron chi connectivity index (χ1n) is 7.40. The van der Waals surface area contributed by atoms with Crippen molar-refractivity contribution in [1.29, 1.82) is 0 Å². The zero-order valence-corrected chi connectivity index (χ0v) is 13.7. The van der Waals surface area contributed by atoms with Crippen molar-refractivity contribution >= 4 is 28.9 Å². The van der Waals surface area contributed by atoms with Gasteiger partial charge in [-0.1, -0.05) is 17.7 Å². The third-order valence-corrected chi connectivity index (χ3v) is 3.44. The molecule has 1 atom stereocenters. The van der Waals surface area contributed by atoms with Crippen molar-refractivity contribution in [2.75, 3.05) is 11.1 Å². The molecule has 25 heavy (non-hydrogen) atoms. The number of esters is 1. The van der Waals surface area contributed by atoms with Gasteiger partial charge < -0.3 is 15.8 Å². The highest BCUT2D eigenvalue weighted by molar-refractivity contribution is 5.99. The minimum absolute atomic E-state index is 0.0294. The van der Waals surface area contributed by atoms with E-state index >= 15 is 0 Å². The summed E-state index contributed by atoms with van der Waals surface area (Å²) in [6.45, 7) is 3.31. The number of hydrogen-bond acceptors (Lipinski definition) is 6. The quantitative estimate of drug-likeness (QED) is 0.372. The second-order valence-electron chi connectivity index (χ2n) is 5.43. The molecule has 8 heteroatoms. The van der Waals surface area contributed by atoms with E-state index in [1.807, 2.05) is 19.1 Å². The number of nitro benzene ring substituents is 1. The Bertz CT molecular complexity index is 818. The Labute approximate surface area is 143 Å². The lowest BCUT2D eigenvalue weighted by Crippen LogP contribution is -2.30. The first-order valence-corrected chi connectivity index (χ1v) is 7.40. The fraction of sp³-hybridized carbons (Fsp3) is 0.176. The van der Waals surface area contributed by atoms with Crippen LogP contribution in [0.15, 0.2) is 42.5 Å². The Kier molecular flexibility index (Phi) is 5.33. The van der Waals surface area contributed by atoms with E-state index in [2.05, 4.69) is 5.32 Å². The molecule has 0 heterocycles. The Morgan fingerprint density at radius 3 is 2.44 bits per heavy atom. The average molecular weight is 343 g/mol. The van der Waals surface area contributed by atoms with E-state index in [9.17, 15) is 19.7 Å². The molecule has 0 aliphatic rings. The van der Waals surface area contributed by atoms with Crippen LogP contribution >= 0.6 is 0 Å². The summed E-state index contributed by atoms with van der Waals surface area (Å²) < 4.78 is 5.06. The summed E-state index contributed by atoms with van der Waals surface area (Å²) in [6, 6.07) is 10.5. The number of nitrogens with zero attached hydrogens (tertiary/aromatic N) is 1. The van der Waals surface area contributed by atoms with Crippen LogP contribution in [0.5, 0.6) is 0 Å². The number of rotatable bonds is 5. The second-order valence-corrected chi connectivity index (χ2v) is 5.43. The summed E-state index contributed by atoms with van der Waals surface area (Å²) in [7, 11) is 0. The molecule has 0 aromatic heterocycles. The van der Waals surface area contributed by atoms with Crippen molar-refractivity contribution in [3.05, 3.63) is 63.7 Å². The predicted molar refractivity (Wildman–Crippen MR) is 92.2 cm³/mol. The van der Waals surface area contributed by atoms with Gasteiger partial charge >= 0.3 is 5.97 Å². The summed E-state index contributed by atoms with van der Waals surface area (Å²) in [5.74, 6) is -1.44. The number of benzene rings is 2. The standard InChI is InChI=1S/C17H17N3O5/c1-10-3-5-12(6-4-10)19-16(21)11(2)25-17(22)14-9-13(20(23)24)7-8-15(14)18/h3-9,11H,18H2,1-2H3,(H,19,21)/t11-/m0/s1. The topological polar surface area (TPSA) is 125 Å². The lowest BCUT2D eigenvalue weighted by Gasteiger charge is -2.14. The Morgan fingerprint density at radius 2 is 1.84 bits per heavy atom. The van der Waals surface area contributed by atoms with Crippen molar-refractivity contribution in [2.24, 2.45) is 0 Å². The van der Waals surface area contributed by atoms with E-state index in [-0.39, 0.29) is 16.9 Å². The minimum Gasteiger partial charge on any atom is -0.449 e. The lowest BCUT2D eigenvalue weighted by molar-refractivity contribution is -0.384. The van der Waals surface area contributed by atoms with E-state index in [1.165, 1.54) is 19.1 Å². The highest BCUT2D eigenvalue weighted by atomic mass is 16.6.